The van der Waals surface area contributed by atoms with Crippen LogP contribution < -0.4 is 5.43 Å². The number of rotatable bonds is 3. The molecule has 0 unspecified atom stereocenters. The molecule has 23 heavy (non-hydrogen) atoms. The summed E-state index contributed by atoms with van der Waals surface area (Å²) in [5.41, 5.74) is 0.282. The largest absolute Gasteiger partial charge is 0.451 e. The Bertz CT molecular complexity index is 781. The molecule has 5 nitrogen and oxygen atoms in total. The van der Waals surface area contributed by atoms with Crippen LogP contribution in [-0.2, 0) is 0 Å². The van der Waals surface area contributed by atoms with Crippen LogP contribution in [0.15, 0.2) is 39.5 Å². The van der Waals surface area contributed by atoms with Crippen molar-refractivity contribution < 1.29 is 9.21 Å². The summed E-state index contributed by atoms with van der Waals surface area (Å²) >= 11 is 0. The fourth-order valence-corrected chi connectivity index (χ4v) is 3.37. The zero-order chi connectivity index (χ0) is 16.6. The van der Waals surface area contributed by atoms with Gasteiger partial charge in [-0.3, -0.25) is 9.59 Å². The quantitative estimate of drug-likeness (QED) is 0.871. The van der Waals surface area contributed by atoms with Gasteiger partial charge in [-0.2, -0.15) is 0 Å². The molecule has 3 rings (SSSR count). The van der Waals surface area contributed by atoms with Gasteiger partial charge in [0.25, 0.3) is 5.91 Å². The van der Waals surface area contributed by atoms with E-state index in [0.717, 1.165) is 6.42 Å². The molecule has 122 valence electrons. The number of fused-ring (bicyclic) bond motifs is 1. The minimum Gasteiger partial charge on any atom is -0.451 e. The van der Waals surface area contributed by atoms with Gasteiger partial charge >= 0.3 is 0 Å². The highest BCUT2D eigenvalue weighted by Crippen LogP contribution is 2.25. The molecular formula is C18H22N2O3. The van der Waals surface area contributed by atoms with Gasteiger partial charge in [-0.25, -0.2) is 0 Å². The van der Waals surface area contributed by atoms with Crippen molar-refractivity contribution in [2.45, 2.75) is 19.4 Å². The topological polar surface area (TPSA) is 53.8 Å². The van der Waals surface area contributed by atoms with Gasteiger partial charge in [0.05, 0.1) is 5.39 Å². The van der Waals surface area contributed by atoms with Crippen LogP contribution in [0.2, 0.25) is 0 Å². The van der Waals surface area contributed by atoms with E-state index in [9.17, 15) is 9.59 Å². The van der Waals surface area contributed by atoms with E-state index in [2.05, 4.69) is 11.8 Å². The zero-order valence-corrected chi connectivity index (χ0v) is 13.8. The lowest BCUT2D eigenvalue weighted by atomic mass is 10.0. The number of hydrogen-bond donors (Lipinski definition) is 0. The lowest BCUT2D eigenvalue weighted by Crippen LogP contribution is -2.36. The van der Waals surface area contributed by atoms with Crippen LogP contribution >= 0.6 is 0 Å². The summed E-state index contributed by atoms with van der Waals surface area (Å²) in [6, 6.07) is 8.67. The van der Waals surface area contributed by atoms with Crippen molar-refractivity contribution >= 4 is 16.9 Å². The summed E-state index contributed by atoms with van der Waals surface area (Å²) in [7, 11) is 4.08. The fraction of sp³-hybridized carbons (Fsp3) is 0.444. The molecule has 1 aliphatic heterocycles. The Balaban J connectivity index is 1.91. The summed E-state index contributed by atoms with van der Waals surface area (Å²) < 4.78 is 5.68. The first kappa shape index (κ1) is 15.7. The molecule has 1 amide bonds. The summed E-state index contributed by atoms with van der Waals surface area (Å²) in [5.74, 6) is 0.375. The van der Waals surface area contributed by atoms with Gasteiger partial charge in [0, 0.05) is 25.2 Å². The molecule has 2 atom stereocenters. The highest BCUT2D eigenvalue weighted by Gasteiger charge is 2.36. The van der Waals surface area contributed by atoms with Crippen LogP contribution in [0.5, 0.6) is 0 Å². The van der Waals surface area contributed by atoms with Gasteiger partial charge in [0.15, 0.2) is 11.2 Å². The van der Waals surface area contributed by atoms with Crippen LogP contribution in [0, 0.1) is 5.92 Å². The molecule has 0 saturated carbocycles. The van der Waals surface area contributed by atoms with Crippen LogP contribution in [0.25, 0.3) is 11.0 Å². The van der Waals surface area contributed by atoms with Crippen molar-refractivity contribution in [1.82, 2.24) is 9.80 Å². The number of carbonyl (C=O) groups excluding carboxylic acids is 1. The highest BCUT2D eigenvalue weighted by atomic mass is 16.3. The predicted octanol–water partition coefficient (Wildman–Crippen LogP) is 2.21. The van der Waals surface area contributed by atoms with E-state index in [0.29, 0.717) is 36.0 Å². The van der Waals surface area contributed by atoms with E-state index in [1.54, 1.807) is 29.2 Å². The van der Waals surface area contributed by atoms with Crippen LogP contribution in [0.4, 0.5) is 0 Å². The second-order valence-corrected chi connectivity index (χ2v) is 6.38. The van der Waals surface area contributed by atoms with Crippen molar-refractivity contribution in [2.75, 3.05) is 27.2 Å². The van der Waals surface area contributed by atoms with Gasteiger partial charge < -0.3 is 14.2 Å². The third-order valence-electron chi connectivity index (χ3n) is 4.73. The Morgan fingerprint density at radius 3 is 2.70 bits per heavy atom. The fourth-order valence-electron chi connectivity index (χ4n) is 3.37. The summed E-state index contributed by atoms with van der Waals surface area (Å²) in [6.07, 6.45) is 1.02. The SMILES string of the molecule is CC[C@H]1CN(C(=O)c2cc(=O)c3ccccc3o2)C[C@@H]1N(C)C. The molecule has 2 heterocycles. The zero-order valence-electron chi connectivity index (χ0n) is 13.8. The Hall–Kier alpha value is -2.14. The second-order valence-electron chi connectivity index (χ2n) is 6.38. The smallest absolute Gasteiger partial charge is 0.289 e. The average Bonchev–Trinajstić information content (AvgIpc) is 2.98. The van der Waals surface area contributed by atoms with Gasteiger partial charge in [-0.1, -0.05) is 25.5 Å². The van der Waals surface area contributed by atoms with Gasteiger partial charge in [-0.05, 0) is 32.1 Å². The number of carbonyl (C=O) groups is 1. The third-order valence-corrected chi connectivity index (χ3v) is 4.73. The van der Waals surface area contributed by atoms with Gasteiger partial charge in [-0.15, -0.1) is 0 Å². The number of amides is 1. The van der Waals surface area contributed by atoms with Crippen LogP contribution in [0.3, 0.4) is 0 Å². The standard InChI is InChI=1S/C18H22N2O3/c1-4-12-10-20(11-14(12)19(2)3)18(22)17-9-15(21)13-7-5-6-8-16(13)23-17/h5-9,12,14H,4,10-11H2,1-3H3/t12-,14-/m0/s1. The van der Waals surface area contributed by atoms with Crippen LogP contribution in [-0.4, -0.2) is 48.9 Å². The number of likely N-dealkylation sites (tertiary alicyclic amines) is 1. The van der Waals surface area contributed by atoms with E-state index in [4.69, 9.17) is 4.42 Å². The third kappa shape index (κ3) is 2.88. The Labute approximate surface area is 135 Å². The number of benzene rings is 1. The first-order valence-electron chi connectivity index (χ1n) is 8.00. The summed E-state index contributed by atoms with van der Waals surface area (Å²) in [5, 5.41) is 0.503. The number of hydrogen-bond acceptors (Lipinski definition) is 4. The maximum Gasteiger partial charge on any atom is 0.289 e. The molecule has 1 fully saturated rings. The Morgan fingerprint density at radius 1 is 1.30 bits per heavy atom. The second kappa shape index (κ2) is 6.16. The van der Waals surface area contributed by atoms with E-state index < -0.39 is 0 Å². The molecule has 0 radical (unpaired) electrons. The van der Waals surface area contributed by atoms with Gasteiger partial charge in [0.1, 0.15) is 5.58 Å². The first-order valence-corrected chi connectivity index (χ1v) is 8.00. The molecule has 2 aromatic rings. The van der Waals surface area contributed by atoms with Crippen molar-refractivity contribution in [2.24, 2.45) is 5.92 Å². The minimum absolute atomic E-state index is 0.128. The summed E-state index contributed by atoms with van der Waals surface area (Å²) in [4.78, 5) is 28.9. The maximum absolute atomic E-state index is 12.7. The van der Waals surface area contributed by atoms with Gasteiger partial charge in [0.2, 0.25) is 0 Å². The molecule has 1 aromatic carbocycles. The number of likely N-dealkylation sites (N-methyl/N-ethyl adjacent to an activating group) is 1. The lowest BCUT2D eigenvalue weighted by Gasteiger charge is -2.23. The molecule has 1 saturated heterocycles. The highest BCUT2D eigenvalue weighted by molar-refractivity contribution is 5.93. The van der Waals surface area contributed by atoms with E-state index in [-0.39, 0.29) is 17.1 Å². The molecule has 1 aromatic heterocycles. The maximum atomic E-state index is 12.7. The van der Waals surface area contributed by atoms with E-state index in [1.807, 2.05) is 14.1 Å². The van der Waals surface area contributed by atoms with E-state index in [1.165, 1.54) is 6.07 Å². The predicted molar refractivity (Wildman–Crippen MR) is 89.6 cm³/mol. The average molecular weight is 314 g/mol. The minimum atomic E-state index is -0.198. The Kier molecular flexibility index (Phi) is 4.22. The normalized spacial score (nSPS) is 21.3. The first-order chi connectivity index (χ1) is 11.0. The molecular weight excluding hydrogens is 292 g/mol. The number of para-hydroxylation sites is 1. The van der Waals surface area contributed by atoms with Crippen molar-refractivity contribution in [3.63, 3.8) is 0 Å². The molecule has 0 N–H and O–H groups in total. The molecule has 5 heteroatoms. The monoisotopic (exact) mass is 314 g/mol. The van der Waals surface area contributed by atoms with Crippen molar-refractivity contribution in [3.05, 3.63) is 46.3 Å². The lowest BCUT2D eigenvalue weighted by molar-refractivity contribution is 0.0750. The molecule has 0 bridgehead atoms. The van der Waals surface area contributed by atoms with Crippen molar-refractivity contribution in [1.29, 1.82) is 0 Å². The molecule has 0 spiro atoms. The molecule has 0 aliphatic carbocycles. The number of nitrogens with zero attached hydrogens (tertiary/aromatic N) is 2. The summed E-state index contributed by atoms with van der Waals surface area (Å²) in [6.45, 7) is 3.51. The Morgan fingerprint density at radius 2 is 2.04 bits per heavy atom. The van der Waals surface area contributed by atoms with Crippen molar-refractivity contribution in [3.8, 4) is 0 Å². The molecule has 1 aliphatic rings. The van der Waals surface area contributed by atoms with E-state index >= 15 is 0 Å². The van der Waals surface area contributed by atoms with Crippen LogP contribution in [0.1, 0.15) is 23.9 Å².